The van der Waals surface area contributed by atoms with Gasteiger partial charge in [0.15, 0.2) is 0 Å². The first-order valence-corrected chi connectivity index (χ1v) is 8.15. The second kappa shape index (κ2) is 6.08. The van der Waals surface area contributed by atoms with Gasteiger partial charge in [-0.3, -0.25) is 9.80 Å². The first-order chi connectivity index (χ1) is 9.25. The molecule has 3 fully saturated rings. The number of hydrogen-bond donors (Lipinski definition) is 2. The molecular formula is C15H29N3O. The van der Waals surface area contributed by atoms with Crippen LogP contribution < -0.4 is 5.32 Å². The molecule has 2 aliphatic heterocycles. The van der Waals surface area contributed by atoms with Crippen LogP contribution in [0.4, 0.5) is 0 Å². The van der Waals surface area contributed by atoms with Crippen LogP contribution in [0.1, 0.15) is 38.5 Å². The van der Waals surface area contributed by atoms with Gasteiger partial charge in [0.25, 0.3) is 0 Å². The summed E-state index contributed by atoms with van der Waals surface area (Å²) in [5.74, 6) is 0. The van der Waals surface area contributed by atoms with Crippen molar-refractivity contribution in [3.05, 3.63) is 0 Å². The molecule has 0 aromatic heterocycles. The Bertz CT molecular complexity index is 277. The van der Waals surface area contributed by atoms with Crippen molar-refractivity contribution in [3.8, 4) is 0 Å². The Kier molecular flexibility index (Phi) is 4.42. The van der Waals surface area contributed by atoms with Crippen molar-refractivity contribution in [2.45, 2.75) is 50.2 Å². The van der Waals surface area contributed by atoms with E-state index >= 15 is 0 Å². The lowest BCUT2D eigenvalue weighted by Crippen LogP contribution is -2.55. The van der Waals surface area contributed by atoms with E-state index in [0.717, 1.165) is 51.6 Å². The van der Waals surface area contributed by atoms with Crippen LogP contribution in [0.5, 0.6) is 0 Å². The molecule has 3 rings (SSSR count). The lowest BCUT2D eigenvalue weighted by molar-refractivity contribution is -0.0335. The largest absolute Gasteiger partial charge is 0.388 e. The average Bonchev–Trinajstić information content (AvgIpc) is 2.94. The molecule has 4 nitrogen and oxygen atoms in total. The van der Waals surface area contributed by atoms with Gasteiger partial charge in [-0.15, -0.1) is 0 Å². The Morgan fingerprint density at radius 1 is 1.00 bits per heavy atom. The zero-order valence-corrected chi connectivity index (χ0v) is 12.1. The number of β-amino-alcohol motifs (C(OH)–C–C–N with tert-alkyl or cyclic N) is 1. The van der Waals surface area contributed by atoms with Gasteiger partial charge in [0.2, 0.25) is 0 Å². The molecule has 0 spiro atoms. The molecule has 4 heteroatoms. The molecule has 2 saturated heterocycles. The van der Waals surface area contributed by atoms with Gasteiger partial charge in [-0.2, -0.15) is 0 Å². The molecule has 110 valence electrons. The first kappa shape index (κ1) is 13.8. The maximum atomic E-state index is 10.6. The van der Waals surface area contributed by atoms with E-state index < -0.39 is 5.60 Å². The maximum Gasteiger partial charge on any atom is 0.0798 e. The van der Waals surface area contributed by atoms with Crippen LogP contribution in [0.25, 0.3) is 0 Å². The molecule has 0 aromatic rings. The molecule has 0 unspecified atom stereocenters. The molecule has 0 amide bonds. The third kappa shape index (κ3) is 3.48. The van der Waals surface area contributed by atoms with Crippen LogP contribution in [0.15, 0.2) is 0 Å². The average molecular weight is 267 g/mol. The van der Waals surface area contributed by atoms with E-state index in [-0.39, 0.29) is 0 Å². The number of hydrogen-bond acceptors (Lipinski definition) is 4. The monoisotopic (exact) mass is 267 g/mol. The molecule has 2 heterocycles. The highest BCUT2D eigenvalue weighted by Crippen LogP contribution is 2.25. The maximum absolute atomic E-state index is 10.6. The summed E-state index contributed by atoms with van der Waals surface area (Å²) in [5.41, 5.74) is -0.430. The highest BCUT2D eigenvalue weighted by molar-refractivity contribution is 4.89. The predicted octanol–water partition coefficient (Wildman–Crippen LogP) is 0.661. The van der Waals surface area contributed by atoms with Gasteiger partial charge in [0.05, 0.1) is 5.60 Å². The van der Waals surface area contributed by atoms with Gasteiger partial charge in [-0.25, -0.2) is 0 Å². The van der Waals surface area contributed by atoms with E-state index in [1.807, 2.05) is 0 Å². The first-order valence-electron chi connectivity index (χ1n) is 8.15. The van der Waals surface area contributed by atoms with Crippen molar-refractivity contribution in [2.75, 3.05) is 45.8 Å². The second-order valence-electron chi connectivity index (χ2n) is 6.72. The smallest absolute Gasteiger partial charge is 0.0798 e. The fourth-order valence-electron chi connectivity index (χ4n) is 4.02. The SMILES string of the molecule is OC1(CN2CCN(C3CCCC3)CC2)CCNCC1. The molecule has 0 radical (unpaired) electrons. The molecule has 0 atom stereocenters. The van der Waals surface area contributed by atoms with Crippen molar-refractivity contribution in [1.82, 2.24) is 15.1 Å². The summed E-state index contributed by atoms with van der Waals surface area (Å²) in [4.78, 5) is 5.17. The predicted molar refractivity (Wildman–Crippen MR) is 77.3 cm³/mol. The number of piperazine rings is 1. The topological polar surface area (TPSA) is 38.7 Å². The van der Waals surface area contributed by atoms with Crippen molar-refractivity contribution in [3.63, 3.8) is 0 Å². The third-order valence-corrected chi connectivity index (χ3v) is 5.30. The van der Waals surface area contributed by atoms with E-state index in [2.05, 4.69) is 15.1 Å². The zero-order chi connectivity index (χ0) is 13.1. The second-order valence-corrected chi connectivity index (χ2v) is 6.72. The molecular weight excluding hydrogens is 238 g/mol. The van der Waals surface area contributed by atoms with Crippen LogP contribution in [0, 0.1) is 0 Å². The molecule has 3 aliphatic rings. The van der Waals surface area contributed by atoms with Crippen LogP contribution >= 0.6 is 0 Å². The van der Waals surface area contributed by atoms with Crippen molar-refractivity contribution in [1.29, 1.82) is 0 Å². The van der Waals surface area contributed by atoms with Gasteiger partial charge < -0.3 is 10.4 Å². The van der Waals surface area contributed by atoms with Gasteiger partial charge in [0.1, 0.15) is 0 Å². The Morgan fingerprint density at radius 2 is 1.63 bits per heavy atom. The molecule has 1 saturated carbocycles. The van der Waals surface area contributed by atoms with E-state index in [9.17, 15) is 5.11 Å². The van der Waals surface area contributed by atoms with Crippen LogP contribution in [-0.2, 0) is 0 Å². The van der Waals surface area contributed by atoms with Gasteiger partial charge >= 0.3 is 0 Å². The minimum atomic E-state index is -0.430. The van der Waals surface area contributed by atoms with E-state index in [1.54, 1.807) is 0 Å². The summed E-state index contributed by atoms with van der Waals surface area (Å²) in [6.45, 7) is 7.53. The van der Waals surface area contributed by atoms with E-state index in [0.29, 0.717) is 0 Å². The minimum absolute atomic E-state index is 0.430. The van der Waals surface area contributed by atoms with E-state index in [4.69, 9.17) is 0 Å². The zero-order valence-electron chi connectivity index (χ0n) is 12.1. The van der Waals surface area contributed by atoms with Crippen molar-refractivity contribution >= 4 is 0 Å². The van der Waals surface area contributed by atoms with Crippen molar-refractivity contribution in [2.24, 2.45) is 0 Å². The fourth-order valence-corrected chi connectivity index (χ4v) is 4.02. The standard InChI is InChI=1S/C15H29N3O/c19-15(5-7-16-8-6-15)13-17-9-11-18(12-10-17)14-3-1-2-4-14/h14,16,19H,1-13H2. The summed E-state index contributed by atoms with van der Waals surface area (Å²) in [7, 11) is 0. The highest BCUT2D eigenvalue weighted by Gasteiger charge is 2.33. The third-order valence-electron chi connectivity index (χ3n) is 5.30. The van der Waals surface area contributed by atoms with Crippen LogP contribution in [-0.4, -0.2) is 72.4 Å². The molecule has 0 aromatic carbocycles. The minimum Gasteiger partial charge on any atom is -0.388 e. The summed E-state index contributed by atoms with van der Waals surface area (Å²) in [6, 6.07) is 0.865. The highest BCUT2D eigenvalue weighted by atomic mass is 16.3. The number of aliphatic hydroxyl groups is 1. The molecule has 2 N–H and O–H groups in total. The van der Waals surface area contributed by atoms with Crippen LogP contribution in [0.3, 0.4) is 0 Å². The van der Waals surface area contributed by atoms with Crippen LogP contribution in [0.2, 0.25) is 0 Å². The molecule has 1 aliphatic carbocycles. The number of nitrogens with zero attached hydrogens (tertiary/aromatic N) is 2. The molecule has 19 heavy (non-hydrogen) atoms. The van der Waals surface area contributed by atoms with Gasteiger partial charge in [0, 0.05) is 38.8 Å². The Hall–Kier alpha value is -0.160. The fraction of sp³-hybridized carbons (Fsp3) is 1.00. The van der Waals surface area contributed by atoms with Crippen molar-refractivity contribution < 1.29 is 5.11 Å². The molecule has 0 bridgehead atoms. The van der Waals surface area contributed by atoms with Gasteiger partial charge in [-0.1, -0.05) is 12.8 Å². The summed E-state index contributed by atoms with van der Waals surface area (Å²) in [6.07, 6.45) is 7.51. The van der Waals surface area contributed by atoms with Gasteiger partial charge in [-0.05, 0) is 38.8 Å². The Morgan fingerprint density at radius 3 is 2.26 bits per heavy atom. The number of piperidine rings is 1. The lowest BCUT2D eigenvalue weighted by atomic mass is 9.91. The summed E-state index contributed by atoms with van der Waals surface area (Å²) >= 11 is 0. The summed E-state index contributed by atoms with van der Waals surface area (Å²) in [5, 5.41) is 13.9. The Balaban J connectivity index is 1.44. The normalized spacial score (nSPS) is 30.8. The summed E-state index contributed by atoms with van der Waals surface area (Å²) < 4.78 is 0. The number of nitrogens with one attached hydrogen (secondary N) is 1. The quantitative estimate of drug-likeness (QED) is 0.788. The lowest BCUT2D eigenvalue weighted by Gasteiger charge is -2.42. The Labute approximate surface area is 117 Å². The number of rotatable bonds is 3. The van der Waals surface area contributed by atoms with E-state index in [1.165, 1.54) is 38.8 Å².